The van der Waals surface area contributed by atoms with E-state index in [1.54, 1.807) is 10.6 Å². The number of carbonyl (C=O) groups excluding carboxylic acids is 1. The SMILES string of the molecule is C[C@H]1CN(OC(=O)NCc2ccccc2)CCN1c1nc(N)nc2scnc12. The third-order valence-electron chi connectivity index (χ3n) is 4.55. The Hall–Kier alpha value is -2.98. The number of aromatic nitrogens is 3. The Kier molecular flexibility index (Phi) is 5.22. The number of nitrogens with two attached hydrogens (primary N) is 1. The third kappa shape index (κ3) is 3.97. The molecule has 9 nitrogen and oxygen atoms in total. The van der Waals surface area contributed by atoms with Crippen LogP contribution in [0, 0.1) is 0 Å². The third-order valence-corrected chi connectivity index (χ3v) is 5.27. The molecule has 1 saturated heterocycles. The Labute approximate surface area is 166 Å². The highest BCUT2D eigenvalue weighted by Crippen LogP contribution is 2.28. The second-order valence-electron chi connectivity index (χ2n) is 6.56. The van der Waals surface area contributed by atoms with Gasteiger partial charge in [0.1, 0.15) is 5.52 Å². The molecule has 0 bridgehead atoms. The molecule has 0 unspecified atom stereocenters. The van der Waals surface area contributed by atoms with Crippen LogP contribution in [0.15, 0.2) is 35.8 Å². The number of anilines is 2. The first-order valence-electron chi connectivity index (χ1n) is 8.98. The van der Waals surface area contributed by atoms with Crippen LogP contribution in [-0.2, 0) is 11.4 Å². The standard InChI is InChI=1S/C18H21N7O2S/c1-12-10-24(27-18(26)20-9-13-5-3-2-4-6-13)7-8-25(12)15-14-16(28-11-21-14)23-17(19)22-15/h2-6,11-12H,7-10H2,1H3,(H,20,26)(H2,19,22,23)/t12-/m0/s1. The first kappa shape index (κ1) is 18.4. The summed E-state index contributed by atoms with van der Waals surface area (Å²) >= 11 is 1.44. The van der Waals surface area contributed by atoms with Gasteiger partial charge in [-0.3, -0.25) is 0 Å². The van der Waals surface area contributed by atoms with Crippen LogP contribution in [0.2, 0.25) is 0 Å². The van der Waals surface area contributed by atoms with Crippen molar-refractivity contribution >= 4 is 39.5 Å². The molecule has 28 heavy (non-hydrogen) atoms. The Morgan fingerprint density at radius 3 is 2.93 bits per heavy atom. The Morgan fingerprint density at radius 1 is 1.32 bits per heavy atom. The molecule has 1 aromatic carbocycles. The van der Waals surface area contributed by atoms with E-state index in [1.807, 2.05) is 37.3 Å². The molecule has 146 valence electrons. The molecule has 0 spiro atoms. The van der Waals surface area contributed by atoms with Crippen molar-refractivity contribution < 1.29 is 9.63 Å². The largest absolute Gasteiger partial charge is 0.426 e. The van der Waals surface area contributed by atoms with Gasteiger partial charge in [0.2, 0.25) is 5.95 Å². The summed E-state index contributed by atoms with van der Waals surface area (Å²) in [6.45, 7) is 4.22. The van der Waals surface area contributed by atoms with Gasteiger partial charge in [-0.15, -0.1) is 16.4 Å². The van der Waals surface area contributed by atoms with E-state index in [1.165, 1.54) is 11.3 Å². The monoisotopic (exact) mass is 399 g/mol. The van der Waals surface area contributed by atoms with E-state index in [0.29, 0.717) is 26.2 Å². The zero-order valence-electron chi connectivity index (χ0n) is 15.4. The predicted octanol–water partition coefficient (Wildman–Crippen LogP) is 2.02. The van der Waals surface area contributed by atoms with Gasteiger partial charge in [-0.25, -0.2) is 14.8 Å². The summed E-state index contributed by atoms with van der Waals surface area (Å²) in [5.41, 5.74) is 9.36. The minimum absolute atomic E-state index is 0.0647. The highest BCUT2D eigenvalue weighted by Gasteiger charge is 2.29. The first-order chi connectivity index (χ1) is 13.6. The Bertz CT molecular complexity index is 965. The number of benzene rings is 1. The van der Waals surface area contributed by atoms with E-state index in [4.69, 9.17) is 10.6 Å². The molecule has 3 heterocycles. The molecule has 0 saturated carbocycles. The van der Waals surface area contributed by atoms with Crippen molar-refractivity contribution in [2.75, 3.05) is 30.3 Å². The zero-order valence-corrected chi connectivity index (χ0v) is 16.2. The lowest BCUT2D eigenvalue weighted by Gasteiger charge is -2.39. The van der Waals surface area contributed by atoms with Gasteiger partial charge in [0.15, 0.2) is 10.6 Å². The topological polar surface area (TPSA) is 110 Å². The number of piperazine rings is 1. The molecule has 1 amide bonds. The van der Waals surface area contributed by atoms with Crippen molar-refractivity contribution in [1.29, 1.82) is 0 Å². The molecular weight excluding hydrogens is 378 g/mol. The lowest BCUT2D eigenvalue weighted by atomic mass is 10.2. The average Bonchev–Trinajstić information content (AvgIpc) is 3.15. The summed E-state index contributed by atoms with van der Waals surface area (Å²) in [5, 5.41) is 4.44. The van der Waals surface area contributed by atoms with E-state index in [9.17, 15) is 4.79 Å². The smallest absolute Gasteiger partial charge is 0.368 e. The van der Waals surface area contributed by atoms with Gasteiger partial charge >= 0.3 is 6.09 Å². The quantitative estimate of drug-likeness (QED) is 0.686. The van der Waals surface area contributed by atoms with Crippen molar-refractivity contribution in [3.63, 3.8) is 0 Å². The summed E-state index contributed by atoms with van der Waals surface area (Å²) < 4.78 is 0. The fraction of sp³-hybridized carbons (Fsp3) is 0.333. The molecular formula is C18H21N7O2S. The van der Waals surface area contributed by atoms with Crippen LogP contribution in [0.25, 0.3) is 10.3 Å². The molecule has 1 fully saturated rings. The van der Waals surface area contributed by atoms with Gasteiger partial charge in [-0.1, -0.05) is 30.3 Å². The molecule has 1 aliphatic rings. The summed E-state index contributed by atoms with van der Waals surface area (Å²) in [5.74, 6) is 0.961. The van der Waals surface area contributed by atoms with Crippen molar-refractivity contribution in [1.82, 2.24) is 25.3 Å². The number of amides is 1. The van der Waals surface area contributed by atoms with Crippen molar-refractivity contribution in [2.24, 2.45) is 0 Å². The Balaban J connectivity index is 1.36. The van der Waals surface area contributed by atoms with Crippen LogP contribution in [-0.4, -0.2) is 51.8 Å². The molecule has 3 aromatic rings. The van der Waals surface area contributed by atoms with Crippen LogP contribution in [0.5, 0.6) is 0 Å². The maximum atomic E-state index is 12.1. The van der Waals surface area contributed by atoms with Gasteiger partial charge in [-0.2, -0.15) is 4.98 Å². The minimum atomic E-state index is -0.460. The number of hydrogen-bond acceptors (Lipinski definition) is 9. The van der Waals surface area contributed by atoms with Gasteiger partial charge in [-0.05, 0) is 12.5 Å². The number of nitrogens with one attached hydrogen (secondary N) is 1. The highest BCUT2D eigenvalue weighted by molar-refractivity contribution is 7.16. The minimum Gasteiger partial charge on any atom is -0.368 e. The molecule has 1 atom stereocenters. The highest BCUT2D eigenvalue weighted by atomic mass is 32.1. The number of hydrogen-bond donors (Lipinski definition) is 2. The Morgan fingerprint density at radius 2 is 2.14 bits per heavy atom. The second kappa shape index (κ2) is 7.95. The van der Waals surface area contributed by atoms with Gasteiger partial charge in [0.05, 0.1) is 18.6 Å². The lowest BCUT2D eigenvalue weighted by Crippen LogP contribution is -2.53. The van der Waals surface area contributed by atoms with Crippen LogP contribution >= 0.6 is 11.3 Å². The molecule has 10 heteroatoms. The molecule has 0 aliphatic carbocycles. The van der Waals surface area contributed by atoms with E-state index in [0.717, 1.165) is 21.7 Å². The van der Waals surface area contributed by atoms with Crippen LogP contribution in [0.4, 0.5) is 16.6 Å². The molecule has 0 radical (unpaired) electrons. The van der Waals surface area contributed by atoms with E-state index < -0.39 is 6.09 Å². The van der Waals surface area contributed by atoms with Crippen molar-refractivity contribution in [3.8, 4) is 0 Å². The number of nitrogen functional groups attached to an aromatic ring is 1. The van der Waals surface area contributed by atoms with Gasteiger partial charge in [0.25, 0.3) is 0 Å². The maximum absolute atomic E-state index is 12.1. The maximum Gasteiger partial charge on any atom is 0.426 e. The van der Waals surface area contributed by atoms with Gasteiger partial charge < -0.3 is 20.8 Å². The molecule has 2 aromatic heterocycles. The average molecular weight is 399 g/mol. The number of rotatable bonds is 4. The molecule has 3 N–H and O–H groups in total. The predicted molar refractivity (Wildman–Crippen MR) is 108 cm³/mol. The van der Waals surface area contributed by atoms with Gasteiger partial charge in [0, 0.05) is 19.1 Å². The number of thiazole rings is 1. The molecule has 1 aliphatic heterocycles. The van der Waals surface area contributed by atoms with Crippen molar-refractivity contribution in [2.45, 2.75) is 19.5 Å². The molecule has 4 rings (SSSR count). The summed E-state index contributed by atoms with van der Waals surface area (Å²) in [6.07, 6.45) is -0.460. The van der Waals surface area contributed by atoms with Crippen molar-refractivity contribution in [3.05, 3.63) is 41.4 Å². The number of carbonyl (C=O) groups is 1. The van der Waals surface area contributed by atoms with Crippen LogP contribution < -0.4 is 16.0 Å². The second-order valence-corrected chi connectivity index (χ2v) is 7.39. The summed E-state index contributed by atoms with van der Waals surface area (Å²) in [4.78, 5) is 33.4. The van der Waals surface area contributed by atoms with E-state index >= 15 is 0 Å². The van der Waals surface area contributed by atoms with E-state index in [-0.39, 0.29) is 12.0 Å². The zero-order chi connectivity index (χ0) is 19.5. The number of nitrogens with zero attached hydrogens (tertiary/aromatic N) is 5. The first-order valence-corrected chi connectivity index (χ1v) is 9.86. The number of hydroxylamine groups is 2. The fourth-order valence-corrected chi connectivity index (χ4v) is 3.86. The van der Waals surface area contributed by atoms with Crippen LogP contribution in [0.3, 0.4) is 0 Å². The van der Waals surface area contributed by atoms with E-state index in [2.05, 4.69) is 25.2 Å². The lowest BCUT2D eigenvalue weighted by molar-refractivity contribution is -0.109. The van der Waals surface area contributed by atoms with Crippen LogP contribution in [0.1, 0.15) is 12.5 Å². The fourth-order valence-electron chi connectivity index (χ4n) is 3.20. The summed E-state index contributed by atoms with van der Waals surface area (Å²) in [6, 6.07) is 9.77. The number of fused-ring (bicyclic) bond motifs is 1. The normalized spacial score (nSPS) is 17.6. The summed E-state index contributed by atoms with van der Waals surface area (Å²) in [7, 11) is 0.